The molecule has 0 atom stereocenters. The average molecular weight is 282 g/mol. The van der Waals surface area contributed by atoms with E-state index in [1.54, 1.807) is 6.07 Å². The van der Waals surface area contributed by atoms with Gasteiger partial charge >= 0.3 is 6.18 Å². The highest BCUT2D eigenvalue weighted by molar-refractivity contribution is 5.69. The molecule has 0 fully saturated rings. The third kappa shape index (κ3) is 3.05. The smallest absolute Gasteiger partial charge is 0.350 e. The van der Waals surface area contributed by atoms with Crippen LogP contribution >= 0.6 is 0 Å². The second kappa shape index (κ2) is 5.20. The highest BCUT2D eigenvalue weighted by Crippen LogP contribution is 2.31. The van der Waals surface area contributed by atoms with E-state index in [-0.39, 0.29) is 11.4 Å². The number of hydrogen-bond acceptors (Lipinski definition) is 3. The molecule has 4 nitrogen and oxygen atoms in total. The van der Waals surface area contributed by atoms with Crippen molar-refractivity contribution in [2.24, 2.45) is 0 Å². The highest BCUT2D eigenvalue weighted by atomic mass is 19.4. The summed E-state index contributed by atoms with van der Waals surface area (Å²) in [7, 11) is 0. The molecule has 0 saturated carbocycles. The first-order valence-corrected chi connectivity index (χ1v) is 5.55. The summed E-state index contributed by atoms with van der Waals surface area (Å²) in [6.07, 6.45) is -4.41. The Morgan fingerprint density at radius 2 is 1.60 bits per heavy atom. The fourth-order valence-electron chi connectivity index (χ4n) is 1.64. The molecule has 2 aromatic rings. The Morgan fingerprint density at radius 3 is 2.15 bits per heavy atom. The van der Waals surface area contributed by atoms with Crippen LogP contribution in [0.5, 0.6) is 0 Å². The van der Waals surface area contributed by atoms with Crippen molar-refractivity contribution in [3.05, 3.63) is 64.2 Å². The Labute approximate surface area is 112 Å². The lowest BCUT2D eigenvalue weighted by Gasteiger charge is -2.09. The Kier molecular flexibility index (Phi) is 3.60. The summed E-state index contributed by atoms with van der Waals surface area (Å²) in [6.45, 7) is 0. The van der Waals surface area contributed by atoms with Gasteiger partial charge in [0.25, 0.3) is 5.69 Å². The van der Waals surface area contributed by atoms with Gasteiger partial charge in [0.15, 0.2) is 0 Å². The molecule has 0 aliphatic rings. The maximum atomic E-state index is 12.4. The number of rotatable bonds is 3. The topological polar surface area (TPSA) is 55.2 Å². The van der Waals surface area contributed by atoms with Crippen molar-refractivity contribution in [3.63, 3.8) is 0 Å². The normalized spacial score (nSPS) is 11.2. The van der Waals surface area contributed by atoms with Gasteiger partial charge < -0.3 is 5.32 Å². The molecule has 0 heterocycles. The lowest BCUT2D eigenvalue weighted by Crippen LogP contribution is -2.04. The zero-order valence-electron chi connectivity index (χ0n) is 10.0. The van der Waals surface area contributed by atoms with Crippen LogP contribution in [-0.2, 0) is 6.18 Å². The maximum absolute atomic E-state index is 12.4. The minimum atomic E-state index is -4.41. The molecule has 0 aromatic heterocycles. The Hall–Kier alpha value is -2.57. The largest absolute Gasteiger partial charge is 0.416 e. The van der Waals surface area contributed by atoms with Gasteiger partial charge in [-0.2, -0.15) is 13.2 Å². The SMILES string of the molecule is O=[N+]([O-])c1ccccc1Nc1ccc(C(F)(F)F)cc1. The summed E-state index contributed by atoms with van der Waals surface area (Å²) in [5.41, 5.74) is -0.359. The van der Waals surface area contributed by atoms with Crippen molar-refractivity contribution < 1.29 is 18.1 Å². The first-order chi connectivity index (χ1) is 9.38. The summed E-state index contributed by atoms with van der Waals surface area (Å²) < 4.78 is 37.2. The van der Waals surface area contributed by atoms with Gasteiger partial charge in [0, 0.05) is 11.8 Å². The van der Waals surface area contributed by atoms with Crippen molar-refractivity contribution in [3.8, 4) is 0 Å². The van der Waals surface area contributed by atoms with Crippen LogP contribution in [0.1, 0.15) is 5.56 Å². The van der Waals surface area contributed by atoms with E-state index in [0.29, 0.717) is 5.69 Å². The Morgan fingerprint density at radius 1 is 1.00 bits per heavy atom. The predicted molar refractivity (Wildman–Crippen MR) is 67.8 cm³/mol. The summed E-state index contributed by atoms with van der Waals surface area (Å²) in [6, 6.07) is 10.2. The van der Waals surface area contributed by atoms with Crippen LogP contribution in [0, 0.1) is 10.1 Å². The lowest BCUT2D eigenvalue weighted by molar-refractivity contribution is -0.383. The van der Waals surface area contributed by atoms with E-state index < -0.39 is 16.7 Å². The van der Waals surface area contributed by atoms with Crippen LogP contribution in [0.25, 0.3) is 0 Å². The number of halogens is 3. The van der Waals surface area contributed by atoms with Crippen LogP contribution in [0.4, 0.5) is 30.2 Å². The first-order valence-electron chi connectivity index (χ1n) is 5.55. The Bertz CT molecular complexity index is 624. The van der Waals surface area contributed by atoms with Crippen molar-refractivity contribution in [2.75, 3.05) is 5.32 Å². The molecule has 0 amide bonds. The van der Waals surface area contributed by atoms with E-state index in [0.717, 1.165) is 12.1 Å². The minimum Gasteiger partial charge on any atom is -0.350 e. The standard InChI is InChI=1S/C13H9F3N2O2/c14-13(15,16)9-5-7-10(8-6-9)17-11-3-1-2-4-12(11)18(19)20/h1-8,17H. The number of benzene rings is 2. The summed E-state index contributed by atoms with van der Waals surface area (Å²) in [4.78, 5) is 10.3. The predicted octanol–water partition coefficient (Wildman–Crippen LogP) is 4.36. The molecule has 2 rings (SSSR count). The molecule has 7 heteroatoms. The molecule has 1 N–H and O–H groups in total. The molecule has 0 radical (unpaired) electrons. The second-order valence-corrected chi connectivity index (χ2v) is 3.97. The summed E-state index contributed by atoms with van der Waals surface area (Å²) >= 11 is 0. The van der Waals surface area contributed by atoms with Crippen LogP contribution < -0.4 is 5.32 Å². The summed E-state index contributed by atoms with van der Waals surface area (Å²) in [5, 5.41) is 13.5. The quantitative estimate of drug-likeness (QED) is 0.672. The number of anilines is 2. The zero-order chi connectivity index (χ0) is 14.8. The van der Waals surface area contributed by atoms with E-state index >= 15 is 0 Å². The van der Waals surface area contributed by atoms with Gasteiger partial charge in [0.2, 0.25) is 0 Å². The van der Waals surface area contributed by atoms with Crippen LogP contribution in [0.2, 0.25) is 0 Å². The number of alkyl halides is 3. The lowest BCUT2D eigenvalue weighted by atomic mass is 10.2. The van der Waals surface area contributed by atoms with Gasteiger partial charge in [-0.05, 0) is 30.3 Å². The number of nitro benzene ring substituents is 1. The van der Waals surface area contributed by atoms with E-state index in [1.807, 2.05) is 0 Å². The van der Waals surface area contributed by atoms with Crippen molar-refractivity contribution >= 4 is 17.1 Å². The highest BCUT2D eigenvalue weighted by Gasteiger charge is 2.29. The maximum Gasteiger partial charge on any atom is 0.416 e. The van der Waals surface area contributed by atoms with Gasteiger partial charge in [0.05, 0.1) is 10.5 Å². The summed E-state index contributed by atoms with van der Waals surface area (Å²) in [5.74, 6) is 0. The van der Waals surface area contributed by atoms with Gasteiger partial charge in [0.1, 0.15) is 5.69 Å². The van der Waals surface area contributed by atoms with Crippen LogP contribution in [0.15, 0.2) is 48.5 Å². The van der Waals surface area contributed by atoms with Crippen LogP contribution in [-0.4, -0.2) is 4.92 Å². The van der Waals surface area contributed by atoms with E-state index in [1.165, 1.54) is 30.3 Å². The van der Waals surface area contributed by atoms with Crippen LogP contribution in [0.3, 0.4) is 0 Å². The van der Waals surface area contributed by atoms with Crippen molar-refractivity contribution in [1.82, 2.24) is 0 Å². The second-order valence-electron chi connectivity index (χ2n) is 3.97. The molecule has 0 spiro atoms. The number of nitrogens with one attached hydrogen (secondary N) is 1. The van der Waals surface area contributed by atoms with Gasteiger partial charge in [-0.25, -0.2) is 0 Å². The molecular weight excluding hydrogens is 273 g/mol. The van der Waals surface area contributed by atoms with E-state index in [4.69, 9.17) is 0 Å². The third-order valence-corrected chi connectivity index (χ3v) is 2.59. The van der Waals surface area contributed by atoms with Gasteiger partial charge in [-0.3, -0.25) is 10.1 Å². The molecule has 104 valence electrons. The molecule has 0 saturated heterocycles. The minimum absolute atomic E-state index is 0.146. The fraction of sp³-hybridized carbons (Fsp3) is 0.0769. The molecule has 20 heavy (non-hydrogen) atoms. The first kappa shape index (κ1) is 13.9. The van der Waals surface area contributed by atoms with Crippen molar-refractivity contribution in [2.45, 2.75) is 6.18 Å². The number of para-hydroxylation sites is 2. The number of nitrogens with zero attached hydrogens (tertiary/aromatic N) is 1. The van der Waals surface area contributed by atoms with Gasteiger partial charge in [-0.1, -0.05) is 12.1 Å². The van der Waals surface area contributed by atoms with Gasteiger partial charge in [-0.15, -0.1) is 0 Å². The Balaban J connectivity index is 2.25. The van der Waals surface area contributed by atoms with E-state index in [9.17, 15) is 23.3 Å². The zero-order valence-corrected chi connectivity index (χ0v) is 10.0. The monoisotopic (exact) mass is 282 g/mol. The van der Waals surface area contributed by atoms with E-state index in [2.05, 4.69) is 5.32 Å². The molecule has 0 aliphatic heterocycles. The number of hydrogen-bond donors (Lipinski definition) is 1. The molecule has 0 unspecified atom stereocenters. The van der Waals surface area contributed by atoms with Crippen molar-refractivity contribution in [1.29, 1.82) is 0 Å². The fourth-order valence-corrected chi connectivity index (χ4v) is 1.64. The molecule has 0 bridgehead atoms. The number of nitro groups is 1. The molecule has 0 aliphatic carbocycles. The molecule has 2 aromatic carbocycles. The molecular formula is C13H9F3N2O2. The average Bonchev–Trinajstić information content (AvgIpc) is 2.38. The third-order valence-electron chi connectivity index (χ3n) is 2.59.